The van der Waals surface area contributed by atoms with Crippen LogP contribution in [0.1, 0.15) is 13.3 Å². The monoisotopic (exact) mass is 237 g/mol. The minimum Gasteiger partial charge on any atom is -0.480 e. The van der Waals surface area contributed by atoms with Gasteiger partial charge < -0.3 is 15.6 Å². The summed E-state index contributed by atoms with van der Waals surface area (Å²) < 4.78 is 28.6. The highest BCUT2D eigenvalue weighted by Gasteiger charge is 2.37. The van der Waals surface area contributed by atoms with Crippen molar-refractivity contribution < 1.29 is 23.1 Å². The Morgan fingerprint density at radius 3 is 2.67 bits per heavy atom. The van der Waals surface area contributed by atoms with E-state index in [0.29, 0.717) is 13.0 Å². The number of carboxylic acids is 1. The molecule has 1 aliphatic heterocycles. The van der Waals surface area contributed by atoms with Crippen LogP contribution < -0.4 is 5.73 Å². The summed E-state index contributed by atoms with van der Waals surface area (Å²) in [5.74, 6) is -1.83. The van der Waals surface area contributed by atoms with E-state index in [2.05, 4.69) is 0 Å². The van der Waals surface area contributed by atoms with Crippen LogP contribution in [0.5, 0.6) is 0 Å². The molecule has 0 amide bonds. The first-order valence-electron chi connectivity index (χ1n) is 4.66. The lowest BCUT2D eigenvalue weighted by Crippen LogP contribution is -2.42. The summed E-state index contributed by atoms with van der Waals surface area (Å²) in [4.78, 5) is 10.5. The van der Waals surface area contributed by atoms with E-state index in [4.69, 9.17) is 15.6 Å². The van der Waals surface area contributed by atoms with E-state index in [1.807, 2.05) is 0 Å². The Balaban J connectivity index is 2.71. The van der Waals surface area contributed by atoms with Crippen LogP contribution >= 0.6 is 0 Å². The van der Waals surface area contributed by atoms with E-state index in [1.165, 1.54) is 0 Å². The highest BCUT2D eigenvalue weighted by atomic mass is 32.2. The van der Waals surface area contributed by atoms with Gasteiger partial charge in [-0.15, -0.1) is 0 Å². The van der Waals surface area contributed by atoms with Crippen molar-refractivity contribution >= 4 is 15.8 Å². The number of ether oxygens (including phenoxy) is 1. The molecule has 1 aliphatic rings. The van der Waals surface area contributed by atoms with Gasteiger partial charge in [-0.1, -0.05) is 0 Å². The average molecular weight is 237 g/mol. The maximum Gasteiger partial charge on any atom is 0.321 e. The first-order chi connectivity index (χ1) is 6.84. The molecule has 1 fully saturated rings. The van der Waals surface area contributed by atoms with Gasteiger partial charge >= 0.3 is 5.97 Å². The summed E-state index contributed by atoms with van der Waals surface area (Å²) in [6.07, 6.45) is 0.0338. The van der Waals surface area contributed by atoms with E-state index >= 15 is 0 Å². The highest BCUT2D eigenvalue weighted by Crippen LogP contribution is 2.21. The fraction of sp³-hybridized carbons (Fsp3) is 0.875. The first-order valence-corrected chi connectivity index (χ1v) is 6.37. The Bertz CT molecular complexity index is 339. The number of carboxylic acid groups (broad SMARTS) is 1. The van der Waals surface area contributed by atoms with Gasteiger partial charge in [0, 0.05) is 6.61 Å². The Morgan fingerprint density at radius 2 is 2.27 bits per heavy atom. The third kappa shape index (κ3) is 2.90. The SMILES string of the molecule is CC1OCCC1S(=O)(=O)CC(N)C(=O)O. The van der Waals surface area contributed by atoms with Gasteiger partial charge in [0.05, 0.1) is 17.1 Å². The largest absolute Gasteiger partial charge is 0.480 e. The number of hydrogen-bond donors (Lipinski definition) is 2. The minimum atomic E-state index is -3.48. The van der Waals surface area contributed by atoms with Gasteiger partial charge in [-0.05, 0) is 13.3 Å². The molecule has 3 atom stereocenters. The Hall–Kier alpha value is -0.660. The van der Waals surface area contributed by atoms with Crippen LogP contribution in [0.3, 0.4) is 0 Å². The molecule has 1 rings (SSSR count). The van der Waals surface area contributed by atoms with E-state index in [1.54, 1.807) is 6.92 Å². The van der Waals surface area contributed by atoms with E-state index in [-0.39, 0.29) is 6.10 Å². The van der Waals surface area contributed by atoms with Gasteiger partial charge in [0.2, 0.25) is 0 Å². The van der Waals surface area contributed by atoms with Gasteiger partial charge in [0.25, 0.3) is 0 Å². The van der Waals surface area contributed by atoms with Crippen LogP contribution in [-0.4, -0.2) is 49.2 Å². The Labute approximate surface area is 88.3 Å². The van der Waals surface area contributed by atoms with Crippen LogP contribution in [0, 0.1) is 0 Å². The van der Waals surface area contributed by atoms with Crippen molar-refractivity contribution in [3.8, 4) is 0 Å². The van der Waals surface area contributed by atoms with Crippen molar-refractivity contribution in [2.75, 3.05) is 12.4 Å². The molecule has 0 saturated carbocycles. The van der Waals surface area contributed by atoms with Crippen LogP contribution in [0.15, 0.2) is 0 Å². The summed E-state index contributed by atoms with van der Waals surface area (Å²) in [6, 6.07) is -1.36. The molecule has 0 aromatic carbocycles. The normalized spacial score (nSPS) is 28.9. The zero-order valence-electron chi connectivity index (χ0n) is 8.42. The molecule has 0 aromatic rings. The van der Waals surface area contributed by atoms with Crippen molar-refractivity contribution in [3.05, 3.63) is 0 Å². The van der Waals surface area contributed by atoms with Crippen molar-refractivity contribution in [2.24, 2.45) is 5.73 Å². The molecule has 3 unspecified atom stereocenters. The third-order valence-corrected chi connectivity index (χ3v) is 4.86. The van der Waals surface area contributed by atoms with Gasteiger partial charge in [-0.2, -0.15) is 0 Å². The van der Waals surface area contributed by atoms with Crippen molar-refractivity contribution in [1.82, 2.24) is 0 Å². The number of hydrogen-bond acceptors (Lipinski definition) is 5. The van der Waals surface area contributed by atoms with Gasteiger partial charge in [-0.25, -0.2) is 8.42 Å². The number of nitrogens with two attached hydrogens (primary N) is 1. The molecule has 1 heterocycles. The maximum absolute atomic E-state index is 11.7. The second-order valence-electron chi connectivity index (χ2n) is 3.68. The van der Waals surface area contributed by atoms with Crippen molar-refractivity contribution in [3.63, 3.8) is 0 Å². The minimum absolute atomic E-state index is 0.379. The predicted molar refractivity (Wildman–Crippen MR) is 53.2 cm³/mol. The summed E-state index contributed by atoms with van der Waals surface area (Å²) >= 11 is 0. The lowest BCUT2D eigenvalue weighted by molar-refractivity contribution is -0.137. The lowest BCUT2D eigenvalue weighted by atomic mass is 10.3. The van der Waals surface area contributed by atoms with Crippen molar-refractivity contribution in [2.45, 2.75) is 30.7 Å². The Morgan fingerprint density at radius 1 is 1.67 bits per heavy atom. The lowest BCUT2D eigenvalue weighted by Gasteiger charge is -2.16. The molecule has 0 radical (unpaired) electrons. The van der Waals surface area contributed by atoms with Crippen LogP contribution in [0.4, 0.5) is 0 Å². The molecule has 0 spiro atoms. The predicted octanol–water partition coefficient (Wildman–Crippen LogP) is -1.01. The molecule has 0 bridgehead atoms. The molecule has 7 heteroatoms. The average Bonchev–Trinajstić information content (AvgIpc) is 2.50. The number of aliphatic carboxylic acids is 1. The van der Waals surface area contributed by atoms with Crippen LogP contribution in [0.25, 0.3) is 0 Å². The summed E-state index contributed by atoms with van der Waals surface area (Å²) in [7, 11) is -3.48. The quantitative estimate of drug-likeness (QED) is 0.649. The topological polar surface area (TPSA) is 107 Å². The van der Waals surface area contributed by atoms with E-state index in [0.717, 1.165) is 0 Å². The summed E-state index contributed by atoms with van der Waals surface area (Å²) in [5, 5.41) is 7.91. The molecule has 3 N–H and O–H groups in total. The van der Waals surface area contributed by atoms with Gasteiger partial charge in [0.15, 0.2) is 9.84 Å². The Kier molecular flexibility index (Phi) is 3.69. The fourth-order valence-corrected chi connectivity index (χ4v) is 3.64. The third-order valence-electron chi connectivity index (χ3n) is 2.50. The first kappa shape index (κ1) is 12.4. The maximum atomic E-state index is 11.7. The molecule has 0 aliphatic carbocycles. The summed E-state index contributed by atoms with van der Waals surface area (Å²) in [5.41, 5.74) is 5.20. The van der Waals surface area contributed by atoms with E-state index < -0.39 is 32.9 Å². The molecule has 15 heavy (non-hydrogen) atoms. The van der Waals surface area contributed by atoms with Crippen LogP contribution in [-0.2, 0) is 19.4 Å². The van der Waals surface area contributed by atoms with Crippen LogP contribution in [0.2, 0.25) is 0 Å². The molecule has 88 valence electrons. The fourth-order valence-electron chi connectivity index (χ4n) is 1.63. The number of sulfone groups is 1. The smallest absolute Gasteiger partial charge is 0.321 e. The summed E-state index contributed by atoms with van der Waals surface area (Å²) in [6.45, 7) is 2.06. The second kappa shape index (κ2) is 4.46. The molecule has 0 aromatic heterocycles. The molecule has 6 nitrogen and oxygen atoms in total. The van der Waals surface area contributed by atoms with Crippen molar-refractivity contribution in [1.29, 1.82) is 0 Å². The standard InChI is InChI=1S/C8H15NO5S/c1-5-7(2-3-14-5)15(12,13)4-6(9)8(10)11/h5-7H,2-4,9H2,1H3,(H,10,11). The van der Waals surface area contributed by atoms with Gasteiger partial charge in [0.1, 0.15) is 6.04 Å². The number of carbonyl (C=O) groups is 1. The van der Waals surface area contributed by atoms with E-state index in [9.17, 15) is 13.2 Å². The van der Waals surface area contributed by atoms with Gasteiger partial charge in [-0.3, -0.25) is 4.79 Å². The number of rotatable bonds is 4. The second-order valence-corrected chi connectivity index (χ2v) is 5.94. The molecular weight excluding hydrogens is 222 g/mol. The molecular formula is C8H15NO5S. The highest BCUT2D eigenvalue weighted by molar-refractivity contribution is 7.92. The zero-order chi connectivity index (χ0) is 11.6. The molecule has 1 saturated heterocycles. The zero-order valence-corrected chi connectivity index (χ0v) is 9.24.